The highest BCUT2D eigenvalue weighted by atomic mass is 35.5. The molecule has 2 aromatic rings. The number of Topliss-reactive ketones (excluding diaryl/α,β-unsaturated/α-hetero) is 1. The average molecular weight is 349 g/mol. The summed E-state index contributed by atoms with van der Waals surface area (Å²) in [5.74, 6) is -0.124. The lowest BCUT2D eigenvalue weighted by molar-refractivity contribution is -0.137. The van der Waals surface area contributed by atoms with Crippen LogP contribution in [0.15, 0.2) is 54.6 Å². The number of ether oxygens (including phenoxy) is 1. The van der Waals surface area contributed by atoms with E-state index in [0.29, 0.717) is 10.6 Å². The first-order valence-electron chi connectivity index (χ1n) is 7.13. The summed E-state index contributed by atoms with van der Waals surface area (Å²) in [6.07, 6.45) is 0.273. The number of carbonyl (C=O) groups is 2. The van der Waals surface area contributed by atoms with Crippen molar-refractivity contribution in [3.8, 4) is 0 Å². The Morgan fingerprint density at radius 3 is 2.39 bits per heavy atom. The van der Waals surface area contributed by atoms with Crippen LogP contribution in [0, 0.1) is 0 Å². The van der Waals surface area contributed by atoms with Gasteiger partial charge in [0.05, 0.1) is 12.9 Å². The molecule has 0 fully saturated rings. The van der Waals surface area contributed by atoms with Crippen LogP contribution in [0.4, 0.5) is 0 Å². The summed E-state index contributed by atoms with van der Waals surface area (Å²) in [5.41, 5.74) is 1.51. The SMILES string of the molecule is COC(=O)CS[C@H](CC(=O)c1ccccc1)c1ccccc1Cl. The highest BCUT2D eigenvalue weighted by Gasteiger charge is 2.21. The fourth-order valence-corrected chi connectivity index (χ4v) is 3.57. The number of esters is 1. The predicted molar refractivity (Wildman–Crippen MR) is 94.1 cm³/mol. The maximum absolute atomic E-state index is 12.5. The van der Waals surface area contributed by atoms with E-state index in [9.17, 15) is 9.59 Å². The molecule has 0 aromatic heterocycles. The Bertz CT molecular complexity index is 673. The molecule has 120 valence electrons. The summed E-state index contributed by atoms with van der Waals surface area (Å²) in [6, 6.07) is 16.5. The van der Waals surface area contributed by atoms with Gasteiger partial charge in [0.15, 0.2) is 5.78 Å². The van der Waals surface area contributed by atoms with Crippen molar-refractivity contribution in [3.05, 3.63) is 70.7 Å². The van der Waals surface area contributed by atoms with Gasteiger partial charge in [-0.25, -0.2) is 0 Å². The Balaban J connectivity index is 2.18. The van der Waals surface area contributed by atoms with Gasteiger partial charge in [0.1, 0.15) is 0 Å². The molecule has 0 radical (unpaired) electrons. The van der Waals surface area contributed by atoms with E-state index in [1.807, 2.05) is 36.4 Å². The molecule has 3 nitrogen and oxygen atoms in total. The Kier molecular flexibility index (Phi) is 6.68. The van der Waals surface area contributed by atoms with Crippen molar-refractivity contribution in [1.82, 2.24) is 0 Å². The smallest absolute Gasteiger partial charge is 0.315 e. The molecule has 0 aliphatic heterocycles. The second-order valence-electron chi connectivity index (χ2n) is 4.89. The van der Waals surface area contributed by atoms with E-state index in [1.165, 1.54) is 18.9 Å². The van der Waals surface area contributed by atoms with Gasteiger partial charge in [-0.05, 0) is 11.6 Å². The number of hydrogen-bond donors (Lipinski definition) is 0. The third-order valence-corrected chi connectivity index (χ3v) is 4.92. The molecule has 0 bridgehead atoms. The molecule has 0 saturated heterocycles. The summed E-state index contributed by atoms with van der Waals surface area (Å²) in [4.78, 5) is 23.9. The second-order valence-corrected chi connectivity index (χ2v) is 6.49. The number of ketones is 1. The monoisotopic (exact) mass is 348 g/mol. The average Bonchev–Trinajstić information content (AvgIpc) is 2.59. The summed E-state index contributed by atoms with van der Waals surface area (Å²) in [5, 5.41) is 0.395. The van der Waals surface area contributed by atoms with Gasteiger partial charge in [-0.1, -0.05) is 60.1 Å². The molecule has 2 rings (SSSR count). The lowest BCUT2D eigenvalue weighted by atomic mass is 10.0. The minimum Gasteiger partial charge on any atom is -0.468 e. The van der Waals surface area contributed by atoms with Crippen molar-refractivity contribution in [1.29, 1.82) is 0 Å². The standard InChI is InChI=1S/C18H17ClO3S/c1-22-18(21)12-23-17(14-9-5-6-10-15(14)19)11-16(20)13-7-3-2-4-8-13/h2-10,17H,11-12H2,1H3/t17-/m1/s1. The van der Waals surface area contributed by atoms with Crippen molar-refractivity contribution in [2.75, 3.05) is 12.9 Å². The van der Waals surface area contributed by atoms with Gasteiger partial charge in [-0.15, -0.1) is 11.8 Å². The molecule has 0 saturated carbocycles. The predicted octanol–water partition coefficient (Wildman–Crippen LogP) is 4.56. The normalized spacial score (nSPS) is 11.7. The fraction of sp³-hybridized carbons (Fsp3) is 0.222. The molecule has 5 heteroatoms. The Morgan fingerprint density at radius 2 is 1.74 bits per heavy atom. The second kappa shape index (κ2) is 8.75. The maximum Gasteiger partial charge on any atom is 0.315 e. The minimum atomic E-state index is -0.320. The molecular formula is C18H17ClO3S. The Hall–Kier alpha value is -1.78. The highest BCUT2D eigenvalue weighted by Crippen LogP contribution is 2.37. The van der Waals surface area contributed by atoms with E-state index >= 15 is 0 Å². The molecular weight excluding hydrogens is 332 g/mol. The first kappa shape index (κ1) is 17.6. The summed E-state index contributed by atoms with van der Waals surface area (Å²) in [7, 11) is 1.35. The van der Waals surface area contributed by atoms with Crippen molar-refractivity contribution in [2.24, 2.45) is 0 Å². The number of hydrogen-bond acceptors (Lipinski definition) is 4. The third-order valence-electron chi connectivity index (χ3n) is 3.35. The van der Waals surface area contributed by atoms with Crippen molar-refractivity contribution >= 4 is 35.1 Å². The quantitative estimate of drug-likeness (QED) is 0.543. The van der Waals surface area contributed by atoms with Crippen LogP contribution in [-0.4, -0.2) is 24.6 Å². The van der Waals surface area contributed by atoms with Gasteiger partial charge < -0.3 is 4.74 Å². The number of carbonyl (C=O) groups excluding carboxylic acids is 2. The van der Waals surface area contributed by atoms with Gasteiger partial charge in [-0.3, -0.25) is 9.59 Å². The van der Waals surface area contributed by atoms with Crippen molar-refractivity contribution in [3.63, 3.8) is 0 Å². The molecule has 1 atom stereocenters. The Morgan fingerprint density at radius 1 is 1.09 bits per heavy atom. The largest absolute Gasteiger partial charge is 0.468 e. The number of methoxy groups -OCH3 is 1. The molecule has 23 heavy (non-hydrogen) atoms. The van der Waals surface area contributed by atoms with E-state index < -0.39 is 0 Å². The minimum absolute atomic E-state index is 0.0212. The van der Waals surface area contributed by atoms with E-state index in [-0.39, 0.29) is 29.2 Å². The number of rotatable bonds is 7. The summed E-state index contributed by atoms with van der Waals surface area (Å²) in [6.45, 7) is 0. The zero-order valence-electron chi connectivity index (χ0n) is 12.7. The fourth-order valence-electron chi connectivity index (χ4n) is 2.13. The van der Waals surface area contributed by atoms with Crippen LogP contribution in [0.25, 0.3) is 0 Å². The molecule has 0 spiro atoms. The topological polar surface area (TPSA) is 43.4 Å². The van der Waals surface area contributed by atoms with Gasteiger partial charge in [0.25, 0.3) is 0 Å². The highest BCUT2D eigenvalue weighted by molar-refractivity contribution is 8.00. The van der Waals surface area contributed by atoms with Crippen LogP contribution in [-0.2, 0) is 9.53 Å². The van der Waals surface area contributed by atoms with E-state index in [0.717, 1.165) is 5.56 Å². The third kappa shape index (κ3) is 5.12. The van der Waals surface area contributed by atoms with Crippen molar-refractivity contribution < 1.29 is 14.3 Å². The molecule has 0 heterocycles. The number of benzene rings is 2. The molecule has 0 aliphatic rings. The van der Waals surface area contributed by atoms with Crippen LogP contribution < -0.4 is 0 Å². The number of thioether (sulfide) groups is 1. The van der Waals surface area contributed by atoms with Gasteiger partial charge in [0.2, 0.25) is 0 Å². The summed E-state index contributed by atoms with van der Waals surface area (Å²) >= 11 is 7.62. The molecule has 0 amide bonds. The number of halogens is 1. The lowest BCUT2D eigenvalue weighted by Gasteiger charge is -2.17. The lowest BCUT2D eigenvalue weighted by Crippen LogP contribution is -2.10. The summed E-state index contributed by atoms with van der Waals surface area (Å²) < 4.78 is 4.68. The van der Waals surface area contributed by atoms with Gasteiger partial charge >= 0.3 is 5.97 Å². The zero-order valence-corrected chi connectivity index (χ0v) is 14.3. The molecule has 0 unspecified atom stereocenters. The van der Waals surface area contributed by atoms with Crippen LogP contribution in [0.5, 0.6) is 0 Å². The van der Waals surface area contributed by atoms with E-state index in [2.05, 4.69) is 4.74 Å². The van der Waals surface area contributed by atoms with Crippen LogP contribution in [0.2, 0.25) is 5.02 Å². The van der Waals surface area contributed by atoms with Gasteiger partial charge in [-0.2, -0.15) is 0 Å². The van der Waals surface area contributed by atoms with E-state index in [1.54, 1.807) is 18.2 Å². The van der Waals surface area contributed by atoms with Crippen molar-refractivity contribution in [2.45, 2.75) is 11.7 Å². The molecule has 0 N–H and O–H groups in total. The van der Waals surface area contributed by atoms with Crippen LogP contribution >= 0.6 is 23.4 Å². The first-order valence-corrected chi connectivity index (χ1v) is 8.55. The zero-order chi connectivity index (χ0) is 16.7. The van der Waals surface area contributed by atoms with E-state index in [4.69, 9.17) is 11.6 Å². The van der Waals surface area contributed by atoms with Crippen LogP contribution in [0.3, 0.4) is 0 Å². The first-order chi connectivity index (χ1) is 11.1. The molecule has 2 aromatic carbocycles. The molecule has 0 aliphatic carbocycles. The Labute approximate surface area is 145 Å². The van der Waals surface area contributed by atoms with Crippen LogP contribution in [0.1, 0.15) is 27.6 Å². The maximum atomic E-state index is 12.5. The van der Waals surface area contributed by atoms with Gasteiger partial charge in [0, 0.05) is 22.3 Å².